The van der Waals surface area contributed by atoms with Gasteiger partial charge in [-0.3, -0.25) is 4.79 Å². The van der Waals surface area contributed by atoms with Crippen LogP contribution in [-0.4, -0.2) is 29.0 Å². The lowest BCUT2D eigenvalue weighted by Crippen LogP contribution is -2.36. The molecule has 0 spiro atoms. The van der Waals surface area contributed by atoms with Gasteiger partial charge in [0.15, 0.2) is 0 Å². The monoisotopic (exact) mass is 223 g/mol. The Kier molecular flexibility index (Phi) is 3.08. The van der Waals surface area contributed by atoms with Gasteiger partial charge in [-0.15, -0.1) is 0 Å². The Bertz CT molecular complexity index is 380. The van der Waals surface area contributed by atoms with Gasteiger partial charge < -0.3 is 10.0 Å². The van der Waals surface area contributed by atoms with Crippen molar-refractivity contribution in [3.63, 3.8) is 0 Å². The molecule has 1 aromatic carbocycles. The number of phenolic OH excluding ortho intramolecular Hbond substituents is 1. The Balaban J connectivity index is 2.26. The van der Waals surface area contributed by atoms with Crippen molar-refractivity contribution in [2.24, 2.45) is 0 Å². The average molecular weight is 223 g/mol. The molecule has 86 valence electrons. The fourth-order valence-corrected chi connectivity index (χ4v) is 1.98. The lowest BCUT2D eigenvalue weighted by Gasteiger charge is -2.27. The summed E-state index contributed by atoms with van der Waals surface area (Å²) in [5, 5.41) is 9.50. The maximum absolute atomic E-state index is 13.4. The molecule has 1 N–H and O–H groups in total. The van der Waals surface area contributed by atoms with E-state index >= 15 is 0 Å². The lowest BCUT2D eigenvalue weighted by atomic mass is 10.1. The van der Waals surface area contributed by atoms with Crippen molar-refractivity contribution in [1.29, 1.82) is 0 Å². The second kappa shape index (κ2) is 4.51. The molecule has 0 saturated carbocycles. The predicted octanol–water partition coefficient (Wildman–Crippen LogP) is 2.16. The van der Waals surface area contributed by atoms with Crippen LogP contribution in [0.25, 0.3) is 0 Å². The van der Waals surface area contributed by atoms with Crippen molar-refractivity contribution in [2.45, 2.75) is 19.3 Å². The molecule has 0 unspecified atom stereocenters. The van der Waals surface area contributed by atoms with E-state index in [1.54, 1.807) is 4.90 Å². The van der Waals surface area contributed by atoms with Gasteiger partial charge >= 0.3 is 0 Å². The van der Waals surface area contributed by atoms with Crippen molar-refractivity contribution in [2.75, 3.05) is 13.1 Å². The molecule has 1 aliphatic rings. The molecule has 16 heavy (non-hydrogen) atoms. The molecule has 1 aromatic rings. The summed E-state index contributed by atoms with van der Waals surface area (Å²) in [6.07, 6.45) is 2.99. The highest BCUT2D eigenvalue weighted by atomic mass is 19.1. The van der Waals surface area contributed by atoms with E-state index in [9.17, 15) is 14.3 Å². The van der Waals surface area contributed by atoms with Gasteiger partial charge in [0.1, 0.15) is 17.1 Å². The second-order valence-corrected chi connectivity index (χ2v) is 3.99. The highest BCUT2D eigenvalue weighted by molar-refractivity contribution is 5.97. The van der Waals surface area contributed by atoms with Crippen LogP contribution in [0.2, 0.25) is 0 Å². The number of halogens is 1. The number of phenols is 1. The van der Waals surface area contributed by atoms with Gasteiger partial charge in [-0.2, -0.15) is 0 Å². The fourth-order valence-electron chi connectivity index (χ4n) is 1.98. The molecule has 1 fully saturated rings. The van der Waals surface area contributed by atoms with E-state index in [0.717, 1.165) is 19.3 Å². The van der Waals surface area contributed by atoms with Crippen LogP contribution in [0.4, 0.5) is 4.39 Å². The van der Waals surface area contributed by atoms with E-state index in [0.29, 0.717) is 13.1 Å². The fraction of sp³-hybridized carbons (Fsp3) is 0.417. The number of carbonyl (C=O) groups is 1. The standard InChI is InChI=1S/C12H14FNO2/c13-9-5-4-6-10(15)11(9)12(16)14-7-2-1-3-8-14/h4-6,15H,1-3,7-8H2. The van der Waals surface area contributed by atoms with Crippen LogP contribution < -0.4 is 0 Å². The summed E-state index contributed by atoms with van der Waals surface area (Å²) in [5.74, 6) is -1.35. The molecule has 1 amide bonds. The van der Waals surface area contributed by atoms with Crippen LogP contribution in [0.1, 0.15) is 29.6 Å². The number of amides is 1. The summed E-state index contributed by atoms with van der Waals surface area (Å²) in [5.41, 5.74) is -0.204. The van der Waals surface area contributed by atoms with Gasteiger partial charge in [-0.05, 0) is 31.4 Å². The molecule has 2 rings (SSSR count). The Morgan fingerprint density at radius 1 is 1.25 bits per heavy atom. The topological polar surface area (TPSA) is 40.5 Å². The van der Waals surface area contributed by atoms with Crippen LogP contribution in [0.3, 0.4) is 0 Å². The number of carbonyl (C=O) groups excluding carboxylic acids is 1. The maximum Gasteiger partial charge on any atom is 0.260 e. The number of likely N-dealkylation sites (tertiary alicyclic amines) is 1. The SMILES string of the molecule is O=C(c1c(O)cccc1F)N1CCCCC1. The minimum Gasteiger partial charge on any atom is -0.507 e. The normalized spacial score (nSPS) is 16.2. The molecule has 0 aliphatic carbocycles. The molecular weight excluding hydrogens is 209 g/mol. The van der Waals surface area contributed by atoms with Crippen molar-refractivity contribution in [3.05, 3.63) is 29.6 Å². The number of piperidine rings is 1. The first-order valence-corrected chi connectivity index (χ1v) is 5.47. The van der Waals surface area contributed by atoms with Crippen LogP contribution in [0.15, 0.2) is 18.2 Å². The number of hydrogen-bond donors (Lipinski definition) is 1. The van der Waals surface area contributed by atoms with Gasteiger partial charge in [0, 0.05) is 13.1 Å². The predicted molar refractivity (Wildman–Crippen MR) is 57.8 cm³/mol. The van der Waals surface area contributed by atoms with Crippen molar-refractivity contribution in [1.82, 2.24) is 4.90 Å². The molecule has 1 saturated heterocycles. The van der Waals surface area contributed by atoms with Crippen molar-refractivity contribution < 1.29 is 14.3 Å². The third kappa shape index (κ3) is 2.01. The van der Waals surface area contributed by atoms with E-state index in [1.807, 2.05) is 0 Å². The summed E-state index contributed by atoms with van der Waals surface area (Å²) in [4.78, 5) is 13.6. The van der Waals surface area contributed by atoms with Crippen molar-refractivity contribution in [3.8, 4) is 5.75 Å². The first-order valence-electron chi connectivity index (χ1n) is 5.47. The first-order chi connectivity index (χ1) is 7.70. The average Bonchev–Trinajstić information content (AvgIpc) is 2.30. The number of rotatable bonds is 1. The number of nitrogens with zero attached hydrogens (tertiary/aromatic N) is 1. The van der Waals surface area contributed by atoms with Crippen LogP contribution in [0.5, 0.6) is 5.75 Å². The van der Waals surface area contributed by atoms with Crippen LogP contribution in [-0.2, 0) is 0 Å². The van der Waals surface area contributed by atoms with Gasteiger partial charge in [0.2, 0.25) is 0 Å². The summed E-state index contributed by atoms with van der Waals surface area (Å²) in [7, 11) is 0. The Morgan fingerprint density at radius 2 is 1.94 bits per heavy atom. The smallest absolute Gasteiger partial charge is 0.260 e. The van der Waals surface area contributed by atoms with E-state index < -0.39 is 11.7 Å². The zero-order valence-corrected chi connectivity index (χ0v) is 8.95. The lowest BCUT2D eigenvalue weighted by molar-refractivity contribution is 0.0716. The summed E-state index contributed by atoms with van der Waals surface area (Å²) >= 11 is 0. The summed E-state index contributed by atoms with van der Waals surface area (Å²) in [6, 6.07) is 3.91. The first kappa shape index (κ1) is 10.9. The molecule has 1 heterocycles. The number of aromatic hydroxyl groups is 1. The summed E-state index contributed by atoms with van der Waals surface area (Å²) < 4.78 is 13.4. The Hall–Kier alpha value is -1.58. The van der Waals surface area contributed by atoms with E-state index in [2.05, 4.69) is 0 Å². The highest BCUT2D eigenvalue weighted by Gasteiger charge is 2.23. The molecule has 4 heteroatoms. The van der Waals surface area contributed by atoms with Crippen LogP contribution in [0, 0.1) is 5.82 Å². The van der Waals surface area contributed by atoms with Crippen LogP contribution >= 0.6 is 0 Å². The largest absolute Gasteiger partial charge is 0.507 e. The Labute approximate surface area is 93.5 Å². The minimum absolute atomic E-state index is 0.204. The molecule has 0 atom stereocenters. The van der Waals surface area contributed by atoms with Gasteiger partial charge in [-0.25, -0.2) is 4.39 Å². The van der Waals surface area contributed by atoms with Gasteiger partial charge in [0.05, 0.1) is 0 Å². The molecule has 3 nitrogen and oxygen atoms in total. The van der Waals surface area contributed by atoms with E-state index in [-0.39, 0.29) is 11.3 Å². The molecule has 0 radical (unpaired) electrons. The molecule has 1 aliphatic heterocycles. The van der Waals surface area contributed by atoms with E-state index in [1.165, 1.54) is 18.2 Å². The third-order valence-corrected chi connectivity index (χ3v) is 2.85. The minimum atomic E-state index is -0.657. The zero-order chi connectivity index (χ0) is 11.5. The third-order valence-electron chi connectivity index (χ3n) is 2.85. The molecule has 0 aromatic heterocycles. The quantitative estimate of drug-likeness (QED) is 0.792. The second-order valence-electron chi connectivity index (χ2n) is 3.99. The number of hydrogen-bond acceptors (Lipinski definition) is 2. The number of benzene rings is 1. The molecular formula is C12H14FNO2. The van der Waals surface area contributed by atoms with Crippen molar-refractivity contribution >= 4 is 5.91 Å². The van der Waals surface area contributed by atoms with E-state index in [4.69, 9.17) is 0 Å². The Morgan fingerprint density at radius 3 is 2.56 bits per heavy atom. The molecule has 0 bridgehead atoms. The van der Waals surface area contributed by atoms with Gasteiger partial charge in [0.25, 0.3) is 5.91 Å². The summed E-state index contributed by atoms with van der Waals surface area (Å²) in [6.45, 7) is 1.29. The zero-order valence-electron chi connectivity index (χ0n) is 8.95. The highest BCUT2D eigenvalue weighted by Crippen LogP contribution is 2.23. The van der Waals surface area contributed by atoms with Gasteiger partial charge in [-0.1, -0.05) is 6.07 Å². The maximum atomic E-state index is 13.4.